The third-order valence-corrected chi connectivity index (χ3v) is 4.11. The quantitative estimate of drug-likeness (QED) is 0.580. The molecule has 21 heavy (non-hydrogen) atoms. The summed E-state index contributed by atoms with van der Waals surface area (Å²) in [6, 6.07) is 18.5. The fraction of sp³-hybridized carbons (Fsp3) is 0.118. The fourth-order valence-electron chi connectivity index (χ4n) is 2.17. The van der Waals surface area contributed by atoms with Crippen molar-refractivity contribution in [2.24, 2.45) is 10.7 Å². The monoisotopic (exact) mass is 296 g/mol. The smallest absolute Gasteiger partial charge is 0.154 e. The second kappa shape index (κ2) is 6.50. The summed E-state index contributed by atoms with van der Waals surface area (Å²) in [5, 5.41) is 3.10. The van der Waals surface area contributed by atoms with E-state index in [4.69, 9.17) is 10.2 Å². The van der Waals surface area contributed by atoms with E-state index in [2.05, 4.69) is 47.5 Å². The summed E-state index contributed by atoms with van der Waals surface area (Å²) >= 11 is 1.55. The lowest BCUT2D eigenvalue weighted by Gasteiger charge is -2.06. The number of thioether (sulfide) groups is 1. The molecular formula is C17H16N2OS. The largest absolute Gasteiger partial charge is 0.467 e. The molecular weight excluding hydrogens is 280 g/mol. The molecule has 3 rings (SSSR count). The van der Waals surface area contributed by atoms with Gasteiger partial charge in [-0.3, -0.25) is 4.99 Å². The highest BCUT2D eigenvalue weighted by molar-refractivity contribution is 8.13. The third kappa shape index (κ3) is 3.47. The summed E-state index contributed by atoms with van der Waals surface area (Å²) in [5.41, 5.74) is 7.23. The van der Waals surface area contributed by atoms with E-state index in [1.54, 1.807) is 18.0 Å². The van der Waals surface area contributed by atoms with Gasteiger partial charge < -0.3 is 10.2 Å². The van der Waals surface area contributed by atoms with Crippen LogP contribution in [0.5, 0.6) is 0 Å². The molecule has 3 nitrogen and oxygen atoms in total. The average molecular weight is 296 g/mol. The molecule has 0 aliphatic carbocycles. The normalized spacial score (nSPS) is 11.9. The third-order valence-electron chi connectivity index (χ3n) is 3.23. The lowest BCUT2D eigenvalue weighted by atomic mass is 10.1. The molecule has 106 valence electrons. The SMILES string of the molecule is NC(=NCc1ccco1)SCc1cccc2ccccc12. The maximum absolute atomic E-state index is 5.95. The minimum absolute atomic E-state index is 0.487. The van der Waals surface area contributed by atoms with Crippen LogP contribution in [-0.2, 0) is 12.3 Å². The van der Waals surface area contributed by atoms with Gasteiger partial charge in [0.15, 0.2) is 5.17 Å². The number of rotatable bonds is 4. The number of fused-ring (bicyclic) bond motifs is 1. The fourth-order valence-corrected chi connectivity index (χ4v) is 2.89. The number of aliphatic imine (C=N–C) groups is 1. The second-order valence-electron chi connectivity index (χ2n) is 4.66. The second-order valence-corrected chi connectivity index (χ2v) is 5.66. The summed E-state index contributed by atoms with van der Waals surface area (Å²) in [4.78, 5) is 4.33. The number of nitrogens with zero attached hydrogens (tertiary/aromatic N) is 1. The van der Waals surface area contributed by atoms with Gasteiger partial charge in [0.05, 0.1) is 12.8 Å². The van der Waals surface area contributed by atoms with Gasteiger partial charge in [0, 0.05) is 5.75 Å². The van der Waals surface area contributed by atoms with E-state index in [1.807, 2.05) is 12.1 Å². The van der Waals surface area contributed by atoms with E-state index in [-0.39, 0.29) is 0 Å². The summed E-state index contributed by atoms with van der Waals surface area (Å²) < 4.78 is 5.23. The van der Waals surface area contributed by atoms with E-state index in [1.165, 1.54) is 16.3 Å². The highest BCUT2D eigenvalue weighted by atomic mass is 32.2. The van der Waals surface area contributed by atoms with E-state index in [0.717, 1.165) is 11.5 Å². The Morgan fingerprint density at radius 2 is 1.90 bits per heavy atom. The topological polar surface area (TPSA) is 51.5 Å². The van der Waals surface area contributed by atoms with Gasteiger partial charge in [0.2, 0.25) is 0 Å². The molecule has 0 atom stereocenters. The number of benzene rings is 2. The van der Waals surface area contributed by atoms with Crippen LogP contribution >= 0.6 is 11.8 Å². The van der Waals surface area contributed by atoms with Gasteiger partial charge in [0.25, 0.3) is 0 Å². The van der Waals surface area contributed by atoms with Crippen molar-refractivity contribution >= 4 is 27.7 Å². The lowest BCUT2D eigenvalue weighted by Crippen LogP contribution is -2.07. The first-order valence-corrected chi connectivity index (χ1v) is 7.73. The van der Waals surface area contributed by atoms with Crippen molar-refractivity contribution in [2.75, 3.05) is 0 Å². The van der Waals surface area contributed by atoms with Crippen molar-refractivity contribution < 1.29 is 4.42 Å². The zero-order valence-corrected chi connectivity index (χ0v) is 12.3. The van der Waals surface area contributed by atoms with Crippen LogP contribution in [0.25, 0.3) is 10.8 Å². The molecule has 1 heterocycles. The Morgan fingerprint density at radius 1 is 1.05 bits per heavy atom. The molecule has 0 aliphatic rings. The highest BCUT2D eigenvalue weighted by Gasteiger charge is 2.02. The number of nitrogens with two attached hydrogens (primary N) is 1. The van der Waals surface area contributed by atoms with E-state index >= 15 is 0 Å². The Labute approximate surface area is 127 Å². The van der Waals surface area contributed by atoms with Crippen LogP contribution in [0.1, 0.15) is 11.3 Å². The van der Waals surface area contributed by atoms with Gasteiger partial charge in [-0.15, -0.1) is 0 Å². The summed E-state index contributed by atoms with van der Waals surface area (Å²) in [6.45, 7) is 0.487. The maximum Gasteiger partial charge on any atom is 0.154 e. The minimum atomic E-state index is 0.487. The summed E-state index contributed by atoms with van der Waals surface area (Å²) in [7, 11) is 0. The molecule has 0 spiro atoms. The molecule has 0 unspecified atom stereocenters. The Hall–Kier alpha value is -2.20. The van der Waals surface area contributed by atoms with Crippen LogP contribution in [0.15, 0.2) is 70.3 Å². The lowest BCUT2D eigenvalue weighted by molar-refractivity contribution is 0.513. The van der Waals surface area contributed by atoms with Gasteiger partial charge in [-0.25, -0.2) is 0 Å². The first-order valence-electron chi connectivity index (χ1n) is 6.74. The molecule has 2 aromatic carbocycles. The maximum atomic E-state index is 5.95. The first-order chi connectivity index (χ1) is 10.3. The van der Waals surface area contributed by atoms with Crippen molar-refractivity contribution in [3.05, 3.63) is 72.2 Å². The van der Waals surface area contributed by atoms with Crippen molar-refractivity contribution in [3.8, 4) is 0 Å². The number of hydrogen-bond acceptors (Lipinski definition) is 3. The van der Waals surface area contributed by atoms with Gasteiger partial charge in [-0.1, -0.05) is 54.2 Å². The van der Waals surface area contributed by atoms with Crippen LogP contribution in [0.2, 0.25) is 0 Å². The first kappa shape index (κ1) is 13.8. The van der Waals surface area contributed by atoms with Gasteiger partial charge in [0.1, 0.15) is 5.76 Å². The van der Waals surface area contributed by atoms with E-state index in [0.29, 0.717) is 11.7 Å². The van der Waals surface area contributed by atoms with E-state index in [9.17, 15) is 0 Å². The van der Waals surface area contributed by atoms with Gasteiger partial charge in [-0.2, -0.15) is 0 Å². The van der Waals surface area contributed by atoms with Crippen LogP contribution in [-0.4, -0.2) is 5.17 Å². The molecule has 0 bridgehead atoms. The standard InChI is InChI=1S/C17H16N2OS/c18-17(19-11-15-8-4-10-20-15)21-12-14-7-3-6-13-5-1-2-9-16(13)14/h1-10H,11-12H2,(H2,18,19). The average Bonchev–Trinajstić information content (AvgIpc) is 3.04. The number of furan rings is 1. The van der Waals surface area contributed by atoms with E-state index < -0.39 is 0 Å². The Balaban J connectivity index is 1.67. The number of hydrogen-bond donors (Lipinski definition) is 1. The Morgan fingerprint density at radius 3 is 2.76 bits per heavy atom. The van der Waals surface area contributed by atoms with Crippen LogP contribution in [0.3, 0.4) is 0 Å². The van der Waals surface area contributed by atoms with Crippen LogP contribution in [0, 0.1) is 0 Å². The Kier molecular flexibility index (Phi) is 4.26. The zero-order valence-electron chi connectivity index (χ0n) is 11.5. The van der Waals surface area contributed by atoms with Crippen molar-refractivity contribution in [3.63, 3.8) is 0 Å². The minimum Gasteiger partial charge on any atom is -0.467 e. The molecule has 0 aliphatic heterocycles. The van der Waals surface area contributed by atoms with Gasteiger partial charge >= 0.3 is 0 Å². The molecule has 0 saturated carbocycles. The molecule has 0 fully saturated rings. The molecule has 1 aromatic heterocycles. The predicted octanol–water partition coefficient (Wildman–Crippen LogP) is 4.18. The molecule has 3 aromatic rings. The molecule has 0 amide bonds. The van der Waals surface area contributed by atoms with Crippen LogP contribution < -0.4 is 5.73 Å². The predicted molar refractivity (Wildman–Crippen MR) is 89.3 cm³/mol. The van der Waals surface area contributed by atoms with Crippen molar-refractivity contribution in [1.29, 1.82) is 0 Å². The zero-order chi connectivity index (χ0) is 14.5. The molecule has 4 heteroatoms. The molecule has 2 N–H and O–H groups in total. The highest BCUT2D eigenvalue weighted by Crippen LogP contribution is 2.22. The molecule has 0 radical (unpaired) electrons. The van der Waals surface area contributed by atoms with Crippen LogP contribution in [0.4, 0.5) is 0 Å². The van der Waals surface area contributed by atoms with Gasteiger partial charge in [-0.05, 0) is 28.5 Å². The van der Waals surface area contributed by atoms with Crippen molar-refractivity contribution in [2.45, 2.75) is 12.3 Å². The van der Waals surface area contributed by atoms with Crippen molar-refractivity contribution in [1.82, 2.24) is 0 Å². The number of amidine groups is 1. The summed E-state index contributed by atoms with van der Waals surface area (Å²) in [5.74, 6) is 1.64. The summed E-state index contributed by atoms with van der Waals surface area (Å²) in [6.07, 6.45) is 1.64. The Bertz CT molecular complexity index is 745. The molecule has 0 saturated heterocycles.